The predicted octanol–water partition coefficient (Wildman–Crippen LogP) is 3.40. The zero-order valence-corrected chi connectivity index (χ0v) is 18.0. The molecule has 7 heteroatoms. The van der Waals surface area contributed by atoms with E-state index >= 15 is 0 Å². The number of ether oxygens (including phenoxy) is 1. The molecule has 1 aliphatic carbocycles. The Morgan fingerprint density at radius 1 is 1.32 bits per heavy atom. The quantitative estimate of drug-likeness (QED) is 0.388. The second-order valence-electron chi connectivity index (χ2n) is 6.59. The van der Waals surface area contributed by atoms with E-state index < -0.39 is 0 Å². The van der Waals surface area contributed by atoms with Crippen molar-refractivity contribution < 1.29 is 4.74 Å². The minimum absolute atomic E-state index is 0. The van der Waals surface area contributed by atoms with Crippen LogP contribution in [0.2, 0.25) is 0 Å². The highest BCUT2D eigenvalue weighted by molar-refractivity contribution is 14.0. The number of nitrogens with two attached hydrogens (primary N) is 1. The van der Waals surface area contributed by atoms with E-state index in [1.807, 2.05) is 24.3 Å². The maximum Gasteiger partial charge on any atom is 0.193 e. The van der Waals surface area contributed by atoms with Gasteiger partial charge in [-0.3, -0.25) is 9.89 Å². The number of anilines is 1. The Morgan fingerprint density at radius 3 is 2.72 bits per heavy atom. The summed E-state index contributed by atoms with van der Waals surface area (Å²) in [5.74, 6) is 3.78. The van der Waals surface area contributed by atoms with Crippen LogP contribution in [-0.4, -0.2) is 54.6 Å². The maximum atomic E-state index is 6.14. The zero-order chi connectivity index (χ0) is 16.8. The molecule has 0 radical (unpaired) electrons. The smallest absolute Gasteiger partial charge is 0.193 e. The van der Waals surface area contributed by atoms with Gasteiger partial charge >= 0.3 is 0 Å². The molecule has 3 N–H and O–H groups in total. The van der Waals surface area contributed by atoms with Gasteiger partial charge in [0.25, 0.3) is 0 Å². The van der Waals surface area contributed by atoms with E-state index in [0.717, 1.165) is 18.0 Å². The fourth-order valence-corrected chi connectivity index (χ4v) is 4.67. The average Bonchev–Trinajstić information content (AvgIpc) is 3.11. The van der Waals surface area contributed by atoms with E-state index in [1.165, 1.54) is 50.3 Å². The Labute approximate surface area is 172 Å². The monoisotopic (exact) mass is 476 g/mol. The van der Waals surface area contributed by atoms with Gasteiger partial charge in [-0.25, -0.2) is 0 Å². The van der Waals surface area contributed by atoms with Gasteiger partial charge in [0.2, 0.25) is 0 Å². The van der Waals surface area contributed by atoms with Crippen LogP contribution in [-0.2, 0) is 0 Å². The minimum atomic E-state index is 0. The highest BCUT2D eigenvalue weighted by Crippen LogP contribution is 2.37. The summed E-state index contributed by atoms with van der Waals surface area (Å²) in [6, 6.07) is 7.76. The van der Waals surface area contributed by atoms with E-state index in [-0.39, 0.29) is 29.5 Å². The Balaban J connectivity index is 0.00000225. The Morgan fingerprint density at radius 2 is 2.04 bits per heavy atom. The molecule has 1 saturated heterocycles. The summed E-state index contributed by atoms with van der Waals surface area (Å²) < 4.78 is 5.24. The minimum Gasteiger partial charge on any atom is -0.497 e. The number of rotatable bonds is 5. The first-order chi connectivity index (χ1) is 11.7. The Hall–Kier alpha value is -0.670. The van der Waals surface area contributed by atoms with Gasteiger partial charge in [0, 0.05) is 41.9 Å². The van der Waals surface area contributed by atoms with Crippen LogP contribution in [0.5, 0.6) is 5.75 Å². The number of halogens is 1. The van der Waals surface area contributed by atoms with Crippen molar-refractivity contribution >= 4 is 47.4 Å². The molecule has 25 heavy (non-hydrogen) atoms. The molecule has 0 atom stereocenters. The van der Waals surface area contributed by atoms with E-state index in [2.05, 4.69) is 22.0 Å². The third-order valence-corrected chi connectivity index (χ3v) is 6.04. The molecule has 2 fully saturated rings. The molecule has 1 aliphatic heterocycles. The molecule has 1 heterocycles. The number of guanidine groups is 1. The molecule has 2 aliphatic rings. The lowest BCUT2D eigenvalue weighted by atomic mass is 9.95. The average molecular weight is 476 g/mol. The van der Waals surface area contributed by atoms with E-state index in [9.17, 15) is 0 Å². The lowest BCUT2D eigenvalue weighted by Gasteiger charge is -2.42. The normalized spacial score (nSPS) is 20.8. The summed E-state index contributed by atoms with van der Waals surface area (Å²) in [5.41, 5.74) is 7.27. The van der Waals surface area contributed by atoms with E-state index in [1.54, 1.807) is 7.11 Å². The van der Waals surface area contributed by atoms with Crippen LogP contribution in [0.25, 0.3) is 0 Å². The van der Waals surface area contributed by atoms with Crippen LogP contribution in [0.3, 0.4) is 0 Å². The van der Waals surface area contributed by atoms with Gasteiger partial charge in [-0.05, 0) is 25.0 Å². The highest BCUT2D eigenvalue weighted by Gasteiger charge is 2.39. The van der Waals surface area contributed by atoms with Crippen LogP contribution in [0, 0.1) is 0 Å². The first-order valence-electron chi connectivity index (χ1n) is 8.76. The van der Waals surface area contributed by atoms with Crippen LogP contribution in [0.1, 0.15) is 25.7 Å². The first kappa shape index (κ1) is 20.6. The molecule has 1 saturated carbocycles. The Kier molecular flexibility index (Phi) is 8.15. The summed E-state index contributed by atoms with van der Waals surface area (Å²) >= 11 is 2.06. The molecule has 3 rings (SSSR count). The van der Waals surface area contributed by atoms with E-state index in [4.69, 9.17) is 15.5 Å². The first-order valence-corrected chi connectivity index (χ1v) is 9.91. The van der Waals surface area contributed by atoms with Crippen molar-refractivity contribution in [2.24, 2.45) is 10.7 Å². The number of hydrogen-bond acceptors (Lipinski definition) is 4. The summed E-state index contributed by atoms with van der Waals surface area (Å²) in [6.45, 7) is 3.16. The molecule has 140 valence electrons. The molecule has 0 aromatic heterocycles. The summed E-state index contributed by atoms with van der Waals surface area (Å²) in [4.78, 5) is 7.36. The molecular weight excluding hydrogens is 447 g/mol. The second-order valence-corrected chi connectivity index (χ2v) is 7.81. The molecule has 0 amide bonds. The second kappa shape index (κ2) is 9.87. The number of nitrogens with zero attached hydrogens (tertiary/aromatic N) is 2. The maximum absolute atomic E-state index is 6.14. The van der Waals surface area contributed by atoms with Crippen molar-refractivity contribution in [2.75, 3.05) is 43.6 Å². The van der Waals surface area contributed by atoms with Crippen molar-refractivity contribution in [3.05, 3.63) is 24.3 Å². The Bertz CT molecular complexity index is 572. The number of aliphatic imine (C=N–C) groups is 1. The number of nitrogens with one attached hydrogen (secondary N) is 1. The molecule has 1 aromatic rings. The fourth-order valence-electron chi connectivity index (χ4n) is 3.77. The molecule has 5 nitrogen and oxygen atoms in total. The van der Waals surface area contributed by atoms with Crippen molar-refractivity contribution in [2.45, 2.75) is 31.2 Å². The van der Waals surface area contributed by atoms with Crippen molar-refractivity contribution in [3.63, 3.8) is 0 Å². The third-order valence-electron chi connectivity index (χ3n) is 5.10. The van der Waals surface area contributed by atoms with E-state index in [0.29, 0.717) is 5.96 Å². The lowest BCUT2D eigenvalue weighted by molar-refractivity contribution is 0.112. The van der Waals surface area contributed by atoms with Gasteiger partial charge in [0.05, 0.1) is 13.7 Å². The molecule has 0 bridgehead atoms. The molecule has 0 spiro atoms. The standard InChI is InChI=1S/C18H28N4OS.HI/c1-23-16-6-4-5-15(13-16)21-17(19)20-14-18(7-2-3-8-18)22-9-11-24-12-10-22;/h4-6,13H,2-3,7-12,14H2,1H3,(H3,19,20,21);1H. The van der Waals surface area contributed by atoms with Crippen LogP contribution >= 0.6 is 35.7 Å². The number of methoxy groups -OCH3 is 1. The van der Waals surface area contributed by atoms with Crippen molar-refractivity contribution in [3.8, 4) is 5.75 Å². The topological polar surface area (TPSA) is 62.9 Å². The van der Waals surface area contributed by atoms with Gasteiger partial charge in [0.15, 0.2) is 5.96 Å². The van der Waals surface area contributed by atoms with Gasteiger partial charge in [0.1, 0.15) is 5.75 Å². The number of hydrogen-bond donors (Lipinski definition) is 2. The lowest BCUT2D eigenvalue weighted by Crippen LogP contribution is -2.52. The van der Waals surface area contributed by atoms with Gasteiger partial charge in [-0.2, -0.15) is 11.8 Å². The van der Waals surface area contributed by atoms with Gasteiger partial charge < -0.3 is 15.8 Å². The largest absolute Gasteiger partial charge is 0.497 e. The predicted molar refractivity (Wildman–Crippen MR) is 119 cm³/mol. The number of thioether (sulfide) groups is 1. The van der Waals surface area contributed by atoms with Gasteiger partial charge in [-0.15, -0.1) is 24.0 Å². The molecule has 1 aromatic carbocycles. The highest BCUT2D eigenvalue weighted by atomic mass is 127. The molecular formula is C18H29IN4OS. The van der Waals surface area contributed by atoms with Crippen LogP contribution < -0.4 is 15.8 Å². The number of benzene rings is 1. The zero-order valence-electron chi connectivity index (χ0n) is 14.9. The molecule has 0 unspecified atom stereocenters. The summed E-state index contributed by atoms with van der Waals surface area (Å²) in [5, 5.41) is 3.19. The van der Waals surface area contributed by atoms with Crippen LogP contribution in [0.4, 0.5) is 5.69 Å². The summed E-state index contributed by atoms with van der Waals surface area (Å²) in [7, 11) is 1.66. The summed E-state index contributed by atoms with van der Waals surface area (Å²) in [6.07, 6.45) is 5.10. The third kappa shape index (κ3) is 5.40. The van der Waals surface area contributed by atoms with Crippen molar-refractivity contribution in [1.82, 2.24) is 4.90 Å². The SMILES string of the molecule is COc1cccc(NC(N)=NCC2(N3CCSCC3)CCCC2)c1.I. The van der Waals surface area contributed by atoms with Crippen LogP contribution in [0.15, 0.2) is 29.3 Å². The van der Waals surface area contributed by atoms with Gasteiger partial charge in [-0.1, -0.05) is 18.9 Å². The van der Waals surface area contributed by atoms with Crippen molar-refractivity contribution in [1.29, 1.82) is 0 Å². The fraction of sp³-hybridized carbons (Fsp3) is 0.611.